The van der Waals surface area contributed by atoms with Gasteiger partial charge < -0.3 is 14.6 Å². The van der Waals surface area contributed by atoms with Crippen LogP contribution in [0.15, 0.2) is 24.3 Å². The van der Waals surface area contributed by atoms with Crippen LogP contribution in [0.2, 0.25) is 0 Å². The molecule has 0 aliphatic carbocycles. The summed E-state index contributed by atoms with van der Waals surface area (Å²) in [5, 5.41) is 2.87. The van der Waals surface area contributed by atoms with E-state index in [1.807, 2.05) is 0 Å². The molecule has 0 spiro atoms. The van der Waals surface area contributed by atoms with E-state index in [1.54, 1.807) is 18.2 Å². The minimum atomic E-state index is -4.63. The highest BCUT2D eigenvalue weighted by molar-refractivity contribution is 5.81. The number of carbonyl (C=O) groups is 1. The zero-order chi connectivity index (χ0) is 21.7. The van der Waals surface area contributed by atoms with Gasteiger partial charge in [0.25, 0.3) is 0 Å². The second kappa shape index (κ2) is 9.78. The second-order valence-electron chi connectivity index (χ2n) is 7.60. The van der Waals surface area contributed by atoms with Crippen molar-refractivity contribution in [2.75, 3.05) is 32.8 Å². The average molecular weight is 426 g/mol. The molecule has 1 fully saturated rings. The predicted octanol–water partition coefficient (Wildman–Crippen LogP) is 3.31. The summed E-state index contributed by atoms with van der Waals surface area (Å²) in [6, 6.07) is 6.46. The number of imidazole rings is 1. The minimum Gasteiger partial charge on any atom is -0.379 e. The number of nitrogens with one attached hydrogen (secondary N) is 1. The first kappa shape index (κ1) is 22.6. The number of halogens is 3. The number of ether oxygens (including phenoxy) is 1. The van der Waals surface area contributed by atoms with Crippen molar-refractivity contribution >= 4 is 16.9 Å². The summed E-state index contributed by atoms with van der Waals surface area (Å²) in [6.07, 6.45) is -2.69. The van der Waals surface area contributed by atoms with E-state index in [0.717, 1.165) is 30.5 Å². The van der Waals surface area contributed by atoms with E-state index in [4.69, 9.17) is 4.74 Å². The molecule has 2 aromatic rings. The predicted molar refractivity (Wildman–Crippen MR) is 108 cm³/mol. The van der Waals surface area contributed by atoms with Crippen molar-refractivity contribution in [3.05, 3.63) is 30.1 Å². The summed E-state index contributed by atoms with van der Waals surface area (Å²) < 4.78 is 46.8. The molecule has 1 N–H and O–H groups in total. The van der Waals surface area contributed by atoms with E-state index < -0.39 is 24.5 Å². The molecular formula is C21H29F3N4O2. The highest BCUT2D eigenvalue weighted by Crippen LogP contribution is 2.31. The van der Waals surface area contributed by atoms with Crippen molar-refractivity contribution in [2.24, 2.45) is 5.92 Å². The van der Waals surface area contributed by atoms with Crippen LogP contribution in [0.25, 0.3) is 11.0 Å². The van der Waals surface area contributed by atoms with Gasteiger partial charge in [-0.15, -0.1) is 0 Å². The molecule has 1 unspecified atom stereocenters. The fourth-order valence-corrected chi connectivity index (χ4v) is 4.21. The van der Waals surface area contributed by atoms with E-state index in [-0.39, 0.29) is 11.6 Å². The maximum Gasteiger partial charge on any atom is 0.449 e. The summed E-state index contributed by atoms with van der Waals surface area (Å²) in [4.78, 5) is 18.7. The SMILES string of the molecule is CCC(CC)C(CNC(=O)Cn1c(C(F)(F)F)nc2ccccc21)N1CCOCC1. The largest absolute Gasteiger partial charge is 0.449 e. The molecular weight excluding hydrogens is 397 g/mol. The van der Waals surface area contributed by atoms with Crippen molar-refractivity contribution in [2.45, 2.75) is 45.5 Å². The van der Waals surface area contributed by atoms with Gasteiger partial charge in [0, 0.05) is 25.7 Å². The van der Waals surface area contributed by atoms with Crippen molar-refractivity contribution < 1.29 is 22.7 Å². The number of carbonyl (C=O) groups excluding carboxylic acids is 1. The van der Waals surface area contributed by atoms with Crippen LogP contribution in [0.3, 0.4) is 0 Å². The lowest BCUT2D eigenvalue weighted by atomic mass is 9.92. The number of hydrogen-bond acceptors (Lipinski definition) is 4. The van der Waals surface area contributed by atoms with Crippen molar-refractivity contribution in [1.29, 1.82) is 0 Å². The quantitative estimate of drug-likeness (QED) is 0.704. The molecule has 2 heterocycles. The third-order valence-corrected chi connectivity index (χ3v) is 5.83. The number of aromatic nitrogens is 2. The summed E-state index contributed by atoms with van der Waals surface area (Å²) in [5.74, 6) is -1.11. The topological polar surface area (TPSA) is 59.4 Å². The molecule has 1 aliphatic heterocycles. The Hall–Kier alpha value is -2.13. The number of morpholine rings is 1. The summed E-state index contributed by atoms with van der Waals surface area (Å²) in [6.45, 7) is 7.12. The molecule has 1 aliphatic rings. The minimum absolute atomic E-state index is 0.134. The van der Waals surface area contributed by atoms with Gasteiger partial charge in [-0.25, -0.2) is 4.98 Å². The Labute approximate surface area is 174 Å². The van der Waals surface area contributed by atoms with E-state index in [9.17, 15) is 18.0 Å². The van der Waals surface area contributed by atoms with Crippen LogP contribution in [0.5, 0.6) is 0 Å². The Bertz CT molecular complexity index is 842. The highest BCUT2D eigenvalue weighted by Gasteiger charge is 2.38. The molecule has 1 aromatic heterocycles. The van der Waals surface area contributed by atoms with Crippen LogP contribution in [0, 0.1) is 5.92 Å². The summed E-state index contributed by atoms with van der Waals surface area (Å²) in [7, 11) is 0. The van der Waals surface area contributed by atoms with E-state index >= 15 is 0 Å². The maximum absolute atomic E-state index is 13.5. The molecule has 1 saturated heterocycles. The van der Waals surface area contributed by atoms with Crippen LogP contribution >= 0.6 is 0 Å². The van der Waals surface area contributed by atoms with Gasteiger partial charge in [-0.2, -0.15) is 13.2 Å². The van der Waals surface area contributed by atoms with Gasteiger partial charge in [0.05, 0.1) is 24.2 Å². The Balaban J connectivity index is 1.74. The number of benzene rings is 1. The molecule has 6 nitrogen and oxygen atoms in total. The summed E-state index contributed by atoms with van der Waals surface area (Å²) >= 11 is 0. The van der Waals surface area contributed by atoms with Crippen LogP contribution in [0.4, 0.5) is 13.2 Å². The molecule has 9 heteroatoms. The van der Waals surface area contributed by atoms with Gasteiger partial charge in [0.1, 0.15) is 6.54 Å². The maximum atomic E-state index is 13.5. The monoisotopic (exact) mass is 426 g/mol. The molecule has 0 saturated carbocycles. The lowest BCUT2D eigenvalue weighted by molar-refractivity contribution is -0.147. The number of para-hydroxylation sites is 2. The van der Waals surface area contributed by atoms with Crippen molar-refractivity contribution in [3.8, 4) is 0 Å². The Morgan fingerprint density at radius 1 is 1.20 bits per heavy atom. The molecule has 1 amide bonds. The van der Waals surface area contributed by atoms with Gasteiger partial charge in [-0.1, -0.05) is 38.8 Å². The smallest absolute Gasteiger partial charge is 0.379 e. The standard InChI is InChI=1S/C21H29F3N4O2/c1-3-15(4-2)18(27-9-11-30-12-10-27)13-25-19(29)14-28-17-8-6-5-7-16(17)26-20(28)21(22,23)24/h5-8,15,18H,3-4,9-14H2,1-2H3,(H,25,29). The second-order valence-corrected chi connectivity index (χ2v) is 7.60. The Kier molecular flexibility index (Phi) is 7.36. The zero-order valence-corrected chi connectivity index (χ0v) is 17.4. The first-order chi connectivity index (χ1) is 14.3. The van der Waals surface area contributed by atoms with Gasteiger partial charge >= 0.3 is 6.18 Å². The lowest BCUT2D eigenvalue weighted by Gasteiger charge is -2.38. The van der Waals surface area contributed by atoms with Gasteiger partial charge in [-0.3, -0.25) is 9.69 Å². The van der Waals surface area contributed by atoms with E-state index in [2.05, 4.69) is 29.0 Å². The molecule has 1 aromatic carbocycles. The fourth-order valence-electron chi connectivity index (χ4n) is 4.21. The molecule has 30 heavy (non-hydrogen) atoms. The van der Waals surface area contributed by atoms with Gasteiger partial charge in [0.2, 0.25) is 11.7 Å². The lowest BCUT2D eigenvalue weighted by Crippen LogP contribution is -2.52. The van der Waals surface area contributed by atoms with Crippen LogP contribution < -0.4 is 5.32 Å². The normalized spacial score (nSPS) is 16.9. The van der Waals surface area contributed by atoms with Gasteiger partial charge in [-0.05, 0) is 18.1 Å². The molecule has 0 bridgehead atoms. The van der Waals surface area contributed by atoms with E-state index in [1.165, 1.54) is 6.07 Å². The number of amides is 1. The Morgan fingerprint density at radius 2 is 1.87 bits per heavy atom. The van der Waals surface area contributed by atoms with E-state index in [0.29, 0.717) is 31.2 Å². The Morgan fingerprint density at radius 3 is 2.50 bits per heavy atom. The summed E-state index contributed by atoms with van der Waals surface area (Å²) in [5.41, 5.74) is 0.519. The molecule has 0 radical (unpaired) electrons. The molecule has 1 atom stereocenters. The number of fused-ring (bicyclic) bond motifs is 1. The number of rotatable bonds is 8. The highest BCUT2D eigenvalue weighted by atomic mass is 19.4. The van der Waals surface area contributed by atoms with Crippen LogP contribution in [-0.4, -0.2) is 59.2 Å². The first-order valence-electron chi connectivity index (χ1n) is 10.5. The van der Waals surface area contributed by atoms with Crippen molar-refractivity contribution in [1.82, 2.24) is 19.8 Å². The fraction of sp³-hybridized carbons (Fsp3) is 0.619. The average Bonchev–Trinajstić information content (AvgIpc) is 3.11. The number of alkyl halides is 3. The first-order valence-corrected chi connectivity index (χ1v) is 10.5. The van der Waals surface area contributed by atoms with Crippen LogP contribution in [0.1, 0.15) is 32.5 Å². The molecule has 166 valence electrons. The number of hydrogen-bond donors (Lipinski definition) is 1. The van der Waals surface area contributed by atoms with Crippen LogP contribution in [-0.2, 0) is 22.3 Å². The molecule has 3 rings (SSSR count). The third-order valence-electron chi connectivity index (χ3n) is 5.83. The van der Waals surface area contributed by atoms with Crippen molar-refractivity contribution in [3.63, 3.8) is 0 Å². The third kappa shape index (κ3) is 5.13. The van der Waals surface area contributed by atoms with Gasteiger partial charge in [0.15, 0.2) is 0 Å². The zero-order valence-electron chi connectivity index (χ0n) is 17.4. The number of nitrogens with zero attached hydrogens (tertiary/aromatic N) is 3.